The third-order valence-corrected chi connectivity index (χ3v) is 7.65. The van der Waals surface area contributed by atoms with Crippen molar-refractivity contribution in [2.75, 3.05) is 19.6 Å². The zero-order valence-corrected chi connectivity index (χ0v) is 22.9. The lowest BCUT2D eigenvalue weighted by Gasteiger charge is -2.57. The second kappa shape index (κ2) is 10.9. The van der Waals surface area contributed by atoms with Crippen molar-refractivity contribution in [3.8, 4) is 5.75 Å². The molecule has 0 radical (unpaired) electrons. The third-order valence-electron chi connectivity index (χ3n) is 7.65. The predicted molar refractivity (Wildman–Crippen MR) is 143 cm³/mol. The summed E-state index contributed by atoms with van der Waals surface area (Å²) < 4.78 is 17.6. The molecule has 1 aromatic heterocycles. The first kappa shape index (κ1) is 27.0. The Morgan fingerprint density at radius 1 is 1.10 bits per heavy atom. The highest BCUT2D eigenvalue weighted by Gasteiger charge is 2.55. The second-order valence-electron chi connectivity index (χ2n) is 11.9. The Balaban J connectivity index is 1.20. The second-order valence-corrected chi connectivity index (χ2v) is 11.9. The number of carbonyl (C=O) groups is 3. The van der Waals surface area contributed by atoms with Gasteiger partial charge in [-0.05, 0) is 51.7 Å². The van der Waals surface area contributed by atoms with Crippen molar-refractivity contribution in [1.29, 1.82) is 0 Å². The Morgan fingerprint density at radius 3 is 2.54 bits per heavy atom. The molecule has 208 valence electrons. The number of aldehydes is 1. The Labute approximate surface area is 229 Å². The van der Waals surface area contributed by atoms with Crippen molar-refractivity contribution < 1.29 is 28.6 Å². The van der Waals surface area contributed by atoms with E-state index in [1.54, 1.807) is 16.0 Å². The Morgan fingerprint density at radius 2 is 1.85 bits per heavy atom. The SMILES string of the molecule is CC(C)(C)OC(=O)N1CCc2nccc(OC3CC4(C3)CN(C(=O)OCc3ccccc3)C4)c2C1CCC=O. The van der Waals surface area contributed by atoms with Gasteiger partial charge in [0.2, 0.25) is 0 Å². The average molecular weight is 536 g/mol. The van der Waals surface area contributed by atoms with Gasteiger partial charge in [-0.25, -0.2) is 9.59 Å². The molecule has 5 rings (SSSR count). The molecule has 1 unspecified atom stereocenters. The van der Waals surface area contributed by atoms with Crippen LogP contribution in [0.4, 0.5) is 9.59 Å². The van der Waals surface area contributed by atoms with Gasteiger partial charge in [-0.3, -0.25) is 4.98 Å². The molecule has 2 aromatic rings. The molecule has 1 saturated carbocycles. The van der Waals surface area contributed by atoms with Crippen molar-refractivity contribution >= 4 is 18.5 Å². The molecule has 3 heterocycles. The van der Waals surface area contributed by atoms with E-state index in [1.165, 1.54) is 0 Å². The lowest BCUT2D eigenvalue weighted by atomic mass is 9.62. The van der Waals surface area contributed by atoms with Crippen LogP contribution < -0.4 is 4.74 Å². The quantitative estimate of drug-likeness (QED) is 0.456. The number of hydrogen-bond donors (Lipinski definition) is 0. The van der Waals surface area contributed by atoms with E-state index in [1.807, 2.05) is 57.2 Å². The van der Waals surface area contributed by atoms with Crippen molar-refractivity contribution in [1.82, 2.24) is 14.8 Å². The summed E-state index contributed by atoms with van der Waals surface area (Å²) in [6.07, 6.45) is 5.06. The van der Waals surface area contributed by atoms with E-state index < -0.39 is 11.7 Å². The molecule has 1 spiro atoms. The van der Waals surface area contributed by atoms with E-state index in [4.69, 9.17) is 14.2 Å². The fraction of sp³-hybridized carbons (Fsp3) is 0.533. The summed E-state index contributed by atoms with van der Waals surface area (Å²) in [5.74, 6) is 0.711. The summed E-state index contributed by atoms with van der Waals surface area (Å²) in [4.78, 5) is 44.8. The molecule has 9 heteroatoms. The fourth-order valence-corrected chi connectivity index (χ4v) is 5.89. The molecule has 1 aromatic carbocycles. The van der Waals surface area contributed by atoms with Gasteiger partial charge in [-0.2, -0.15) is 0 Å². The number of pyridine rings is 1. The van der Waals surface area contributed by atoms with Gasteiger partial charge in [0.25, 0.3) is 0 Å². The van der Waals surface area contributed by atoms with Crippen molar-refractivity contribution in [2.45, 2.75) is 77.2 Å². The molecule has 39 heavy (non-hydrogen) atoms. The zero-order chi connectivity index (χ0) is 27.6. The monoisotopic (exact) mass is 535 g/mol. The molecular formula is C30H37N3O6. The molecule has 0 bridgehead atoms. The van der Waals surface area contributed by atoms with Crippen molar-refractivity contribution in [3.63, 3.8) is 0 Å². The number of fused-ring (bicyclic) bond motifs is 1. The van der Waals surface area contributed by atoms with Gasteiger partial charge in [-0.1, -0.05) is 30.3 Å². The lowest BCUT2D eigenvalue weighted by molar-refractivity contribution is -0.111. The normalized spacial score (nSPS) is 19.9. The Bertz CT molecular complexity index is 1200. The number of amides is 2. The number of benzene rings is 1. The van der Waals surface area contributed by atoms with Crippen LogP contribution in [-0.2, 0) is 27.3 Å². The predicted octanol–water partition coefficient (Wildman–Crippen LogP) is 5.08. The molecule has 2 aliphatic heterocycles. The number of hydrogen-bond acceptors (Lipinski definition) is 7. The van der Waals surface area contributed by atoms with Crippen LogP contribution >= 0.6 is 0 Å². The van der Waals surface area contributed by atoms with Gasteiger partial charge < -0.3 is 28.8 Å². The molecular weight excluding hydrogens is 498 g/mol. The van der Waals surface area contributed by atoms with Gasteiger partial charge in [0.1, 0.15) is 30.3 Å². The number of ether oxygens (including phenoxy) is 3. The van der Waals surface area contributed by atoms with Gasteiger partial charge in [0, 0.05) is 49.7 Å². The zero-order valence-electron chi connectivity index (χ0n) is 22.9. The van der Waals surface area contributed by atoms with Crippen LogP contribution in [0.15, 0.2) is 42.6 Å². The summed E-state index contributed by atoms with van der Waals surface area (Å²) in [6, 6.07) is 11.2. The third kappa shape index (κ3) is 6.02. The first-order valence-electron chi connectivity index (χ1n) is 13.7. The maximum atomic E-state index is 13.1. The van der Waals surface area contributed by atoms with E-state index in [2.05, 4.69) is 4.98 Å². The smallest absolute Gasteiger partial charge is 0.410 e. The number of carbonyl (C=O) groups excluding carboxylic acids is 3. The molecule has 3 aliphatic rings. The lowest BCUT2D eigenvalue weighted by Crippen LogP contribution is -2.65. The summed E-state index contributed by atoms with van der Waals surface area (Å²) in [7, 11) is 0. The molecule has 0 N–H and O–H groups in total. The minimum atomic E-state index is -0.619. The topological polar surface area (TPSA) is 98.3 Å². The maximum Gasteiger partial charge on any atom is 0.410 e. The van der Waals surface area contributed by atoms with Crippen LogP contribution in [-0.4, -0.2) is 64.6 Å². The van der Waals surface area contributed by atoms with Crippen LogP contribution in [0, 0.1) is 5.41 Å². The molecule has 2 amide bonds. The minimum absolute atomic E-state index is 0.0163. The van der Waals surface area contributed by atoms with Crippen molar-refractivity contribution in [2.24, 2.45) is 5.41 Å². The fourth-order valence-electron chi connectivity index (χ4n) is 5.89. The molecule has 2 fully saturated rings. The average Bonchev–Trinajstić information content (AvgIpc) is 2.85. The van der Waals surface area contributed by atoms with Crippen LogP contribution in [0.5, 0.6) is 5.75 Å². The Kier molecular flexibility index (Phi) is 7.51. The standard InChI is InChI=1S/C30H37N3O6/c1-29(2,3)39-28(36)33-14-12-23-26(24(33)10-7-15-34)25(11-13-31-23)38-22-16-30(17-22)19-32(20-30)27(35)37-18-21-8-5-4-6-9-21/h4-6,8-9,11,13,15,22,24H,7,10,12,14,16-20H2,1-3H3. The van der Waals surface area contributed by atoms with E-state index in [-0.39, 0.29) is 30.3 Å². The molecule has 1 atom stereocenters. The van der Waals surface area contributed by atoms with E-state index in [9.17, 15) is 14.4 Å². The highest BCUT2D eigenvalue weighted by molar-refractivity contribution is 5.70. The van der Waals surface area contributed by atoms with E-state index >= 15 is 0 Å². The van der Waals surface area contributed by atoms with E-state index in [0.29, 0.717) is 44.6 Å². The molecule has 9 nitrogen and oxygen atoms in total. The summed E-state index contributed by atoms with van der Waals surface area (Å²) in [5.41, 5.74) is 2.19. The summed E-state index contributed by atoms with van der Waals surface area (Å²) in [5, 5.41) is 0. The van der Waals surface area contributed by atoms with Gasteiger partial charge in [-0.15, -0.1) is 0 Å². The number of nitrogens with zero attached hydrogens (tertiary/aromatic N) is 3. The van der Waals surface area contributed by atoms with Crippen LogP contribution in [0.2, 0.25) is 0 Å². The number of likely N-dealkylation sites (tertiary alicyclic amines) is 1. The largest absolute Gasteiger partial charge is 0.490 e. The highest BCUT2D eigenvalue weighted by Crippen LogP contribution is 2.51. The maximum absolute atomic E-state index is 13.1. The van der Waals surface area contributed by atoms with Crippen LogP contribution in [0.25, 0.3) is 0 Å². The molecule has 1 saturated heterocycles. The number of aromatic nitrogens is 1. The van der Waals surface area contributed by atoms with Crippen LogP contribution in [0.1, 0.15) is 69.3 Å². The summed E-state index contributed by atoms with van der Waals surface area (Å²) in [6.45, 7) is 7.62. The number of rotatable bonds is 7. The van der Waals surface area contributed by atoms with Gasteiger partial charge in [0.15, 0.2) is 0 Å². The van der Waals surface area contributed by atoms with Gasteiger partial charge >= 0.3 is 12.2 Å². The Hall–Kier alpha value is -3.62. The summed E-state index contributed by atoms with van der Waals surface area (Å²) >= 11 is 0. The highest BCUT2D eigenvalue weighted by atomic mass is 16.6. The van der Waals surface area contributed by atoms with Crippen molar-refractivity contribution in [3.05, 3.63) is 59.4 Å². The first-order valence-corrected chi connectivity index (χ1v) is 13.7. The molecule has 1 aliphatic carbocycles. The van der Waals surface area contributed by atoms with Crippen LogP contribution in [0.3, 0.4) is 0 Å². The first-order chi connectivity index (χ1) is 18.7. The van der Waals surface area contributed by atoms with Gasteiger partial charge in [0.05, 0.1) is 11.7 Å². The minimum Gasteiger partial charge on any atom is -0.490 e. The van der Waals surface area contributed by atoms with E-state index in [0.717, 1.165) is 35.9 Å².